The first kappa shape index (κ1) is 8.01. The third-order valence-corrected chi connectivity index (χ3v) is 1.50. The highest BCUT2D eigenvalue weighted by Gasteiger charge is 2.00. The summed E-state index contributed by atoms with van der Waals surface area (Å²) in [4.78, 5) is 0. The lowest BCUT2D eigenvalue weighted by atomic mass is 10.3. The molecule has 0 unspecified atom stereocenters. The van der Waals surface area contributed by atoms with E-state index in [2.05, 4.69) is 5.11 Å². The topological polar surface area (TPSA) is 45.4 Å². The number of hydrogen-bond donors (Lipinski definition) is 1. The first-order valence-electron chi connectivity index (χ1n) is 2.99. The Morgan fingerprint density at radius 1 is 1.55 bits per heavy atom. The van der Waals surface area contributed by atoms with Crippen LogP contribution in [-0.4, -0.2) is 7.11 Å². The zero-order valence-electron chi connectivity index (χ0n) is 5.97. The molecule has 0 heterocycles. The van der Waals surface area contributed by atoms with E-state index < -0.39 is 0 Å². The fourth-order valence-electron chi connectivity index (χ4n) is 0.751. The van der Waals surface area contributed by atoms with Crippen LogP contribution in [0, 0.1) is 5.53 Å². The van der Waals surface area contributed by atoms with Gasteiger partial charge in [0.1, 0.15) is 11.4 Å². The van der Waals surface area contributed by atoms with Crippen molar-refractivity contribution in [1.29, 1.82) is 5.53 Å². The van der Waals surface area contributed by atoms with Crippen molar-refractivity contribution in [3.8, 4) is 5.75 Å². The minimum atomic E-state index is 0.444. The second-order valence-corrected chi connectivity index (χ2v) is 2.36. The molecule has 3 nitrogen and oxygen atoms in total. The summed E-state index contributed by atoms with van der Waals surface area (Å²) in [6.07, 6.45) is 0. The van der Waals surface area contributed by atoms with Gasteiger partial charge in [0.15, 0.2) is 0 Å². The minimum Gasteiger partial charge on any atom is -0.494 e. The number of halogens is 1. The van der Waals surface area contributed by atoms with Gasteiger partial charge in [0.2, 0.25) is 0 Å². The lowest BCUT2D eigenvalue weighted by Crippen LogP contribution is -1.81. The van der Waals surface area contributed by atoms with Crippen LogP contribution in [0.1, 0.15) is 0 Å². The Labute approximate surface area is 69.4 Å². The van der Waals surface area contributed by atoms with E-state index in [-0.39, 0.29) is 0 Å². The second kappa shape index (κ2) is 3.34. The molecule has 0 amide bonds. The van der Waals surface area contributed by atoms with Gasteiger partial charge in [-0.2, -0.15) is 5.11 Å². The van der Waals surface area contributed by atoms with Gasteiger partial charge in [-0.25, -0.2) is 5.53 Å². The van der Waals surface area contributed by atoms with E-state index >= 15 is 0 Å². The smallest absolute Gasteiger partial charge is 0.146 e. The van der Waals surface area contributed by atoms with Gasteiger partial charge in [0, 0.05) is 5.02 Å². The van der Waals surface area contributed by atoms with E-state index in [1.54, 1.807) is 18.2 Å². The van der Waals surface area contributed by atoms with Crippen LogP contribution in [0.3, 0.4) is 0 Å². The van der Waals surface area contributed by atoms with Gasteiger partial charge in [-0.1, -0.05) is 11.6 Å². The Morgan fingerprint density at radius 2 is 2.27 bits per heavy atom. The molecule has 1 N–H and O–H groups in total. The molecule has 1 aromatic carbocycles. The molecule has 0 radical (unpaired) electrons. The molecule has 58 valence electrons. The van der Waals surface area contributed by atoms with Crippen LogP contribution in [0.4, 0.5) is 5.69 Å². The van der Waals surface area contributed by atoms with Gasteiger partial charge in [-0.3, -0.25) is 0 Å². The van der Waals surface area contributed by atoms with Crippen LogP contribution in [0.2, 0.25) is 5.02 Å². The summed E-state index contributed by atoms with van der Waals surface area (Å²) in [5.74, 6) is 0.560. The first-order valence-corrected chi connectivity index (χ1v) is 3.36. The van der Waals surface area contributed by atoms with E-state index in [4.69, 9.17) is 21.9 Å². The molecule has 4 heteroatoms. The molecule has 0 atom stereocenters. The Morgan fingerprint density at radius 3 is 2.82 bits per heavy atom. The summed E-state index contributed by atoms with van der Waals surface area (Å²) in [7, 11) is 1.53. The SMILES string of the molecule is COc1ccc(Cl)cc1N=N. The van der Waals surface area contributed by atoms with Gasteiger partial charge in [-0.05, 0) is 18.2 Å². The first-order chi connectivity index (χ1) is 5.27. The third-order valence-electron chi connectivity index (χ3n) is 1.26. The molecule has 0 aromatic heterocycles. The molecule has 0 fully saturated rings. The second-order valence-electron chi connectivity index (χ2n) is 1.93. The van der Waals surface area contributed by atoms with Gasteiger partial charge in [0.25, 0.3) is 0 Å². The van der Waals surface area contributed by atoms with Crippen molar-refractivity contribution >= 4 is 17.3 Å². The average molecular weight is 171 g/mol. The lowest BCUT2D eigenvalue weighted by molar-refractivity contribution is 0.415. The average Bonchev–Trinajstić information content (AvgIpc) is 2.04. The van der Waals surface area contributed by atoms with E-state index in [1.165, 1.54) is 7.11 Å². The third kappa shape index (κ3) is 1.68. The zero-order chi connectivity index (χ0) is 8.27. The standard InChI is InChI=1S/C7H7ClN2O/c1-11-7-3-2-5(8)4-6(7)10-9/h2-4,9H,1H3. The molecule has 0 spiro atoms. The Balaban J connectivity index is 3.16. The quantitative estimate of drug-likeness (QED) is 0.682. The van der Waals surface area contributed by atoms with Crippen LogP contribution in [-0.2, 0) is 0 Å². The molecule has 1 aromatic rings. The molecule has 0 saturated heterocycles. The number of rotatable bonds is 2. The number of hydrogen-bond acceptors (Lipinski definition) is 3. The van der Waals surface area contributed by atoms with E-state index in [1.807, 2.05) is 0 Å². The van der Waals surface area contributed by atoms with Crippen molar-refractivity contribution < 1.29 is 4.74 Å². The highest BCUT2D eigenvalue weighted by atomic mass is 35.5. The minimum absolute atomic E-state index is 0.444. The highest BCUT2D eigenvalue weighted by Crippen LogP contribution is 2.29. The summed E-state index contributed by atoms with van der Waals surface area (Å²) in [5.41, 5.74) is 7.22. The maximum atomic E-state index is 6.77. The normalized spacial score (nSPS) is 9.27. The molecule has 0 aliphatic carbocycles. The Hall–Kier alpha value is -1.09. The van der Waals surface area contributed by atoms with E-state index in [0.717, 1.165) is 0 Å². The molecule has 11 heavy (non-hydrogen) atoms. The largest absolute Gasteiger partial charge is 0.494 e. The summed E-state index contributed by atoms with van der Waals surface area (Å²) in [5, 5.41) is 3.80. The van der Waals surface area contributed by atoms with Crippen LogP contribution in [0.15, 0.2) is 23.3 Å². The van der Waals surface area contributed by atoms with Crippen molar-refractivity contribution in [2.75, 3.05) is 7.11 Å². The number of nitrogens with one attached hydrogen (secondary N) is 1. The maximum absolute atomic E-state index is 6.77. The molecule has 0 aliphatic heterocycles. The van der Waals surface area contributed by atoms with Crippen LogP contribution >= 0.6 is 11.6 Å². The van der Waals surface area contributed by atoms with Crippen molar-refractivity contribution in [2.45, 2.75) is 0 Å². The Kier molecular flexibility index (Phi) is 2.44. The van der Waals surface area contributed by atoms with E-state index in [0.29, 0.717) is 16.5 Å². The molecular formula is C7H7ClN2O. The molecule has 0 aliphatic rings. The fraction of sp³-hybridized carbons (Fsp3) is 0.143. The molecule has 1 rings (SSSR count). The number of nitrogens with zero attached hydrogens (tertiary/aromatic N) is 1. The molecular weight excluding hydrogens is 164 g/mol. The lowest BCUT2D eigenvalue weighted by Gasteiger charge is -2.01. The zero-order valence-corrected chi connectivity index (χ0v) is 6.72. The predicted octanol–water partition coefficient (Wildman–Crippen LogP) is 3.01. The van der Waals surface area contributed by atoms with Crippen LogP contribution in [0.25, 0.3) is 0 Å². The fourth-order valence-corrected chi connectivity index (χ4v) is 0.917. The number of methoxy groups -OCH3 is 1. The van der Waals surface area contributed by atoms with Crippen LogP contribution < -0.4 is 4.74 Å². The van der Waals surface area contributed by atoms with Gasteiger partial charge >= 0.3 is 0 Å². The van der Waals surface area contributed by atoms with Crippen molar-refractivity contribution in [3.63, 3.8) is 0 Å². The van der Waals surface area contributed by atoms with Crippen molar-refractivity contribution in [3.05, 3.63) is 23.2 Å². The van der Waals surface area contributed by atoms with Gasteiger partial charge in [-0.15, -0.1) is 0 Å². The Bertz CT molecular complexity index is 275. The van der Waals surface area contributed by atoms with Gasteiger partial charge < -0.3 is 4.74 Å². The van der Waals surface area contributed by atoms with E-state index in [9.17, 15) is 0 Å². The summed E-state index contributed by atoms with van der Waals surface area (Å²) in [6, 6.07) is 4.94. The summed E-state index contributed by atoms with van der Waals surface area (Å²) >= 11 is 5.65. The highest BCUT2D eigenvalue weighted by molar-refractivity contribution is 6.30. The number of ether oxygens (including phenoxy) is 1. The van der Waals surface area contributed by atoms with Gasteiger partial charge in [0.05, 0.1) is 7.11 Å². The monoisotopic (exact) mass is 170 g/mol. The van der Waals surface area contributed by atoms with Crippen molar-refractivity contribution in [2.24, 2.45) is 5.11 Å². The maximum Gasteiger partial charge on any atom is 0.146 e. The predicted molar refractivity (Wildman–Crippen MR) is 42.8 cm³/mol. The van der Waals surface area contributed by atoms with Crippen molar-refractivity contribution in [1.82, 2.24) is 0 Å². The van der Waals surface area contributed by atoms with Crippen LogP contribution in [0.5, 0.6) is 5.75 Å². The summed E-state index contributed by atoms with van der Waals surface area (Å²) < 4.78 is 4.92. The molecule has 0 bridgehead atoms. The molecule has 0 saturated carbocycles. The number of benzene rings is 1. The summed E-state index contributed by atoms with van der Waals surface area (Å²) in [6.45, 7) is 0.